The Bertz CT molecular complexity index is 861. The molecule has 0 bridgehead atoms. The zero-order chi connectivity index (χ0) is 15.7. The van der Waals surface area contributed by atoms with Crippen molar-refractivity contribution in [2.24, 2.45) is 0 Å². The lowest BCUT2D eigenvalue weighted by Gasteiger charge is -2.09. The highest BCUT2D eigenvalue weighted by Crippen LogP contribution is 2.30. The van der Waals surface area contributed by atoms with E-state index in [1.165, 1.54) is 7.11 Å². The zero-order valence-corrected chi connectivity index (χ0v) is 12.2. The predicted octanol–water partition coefficient (Wildman–Crippen LogP) is 3.10. The summed E-state index contributed by atoms with van der Waals surface area (Å²) in [5.41, 5.74) is 2.78. The molecule has 0 saturated carbocycles. The molecule has 5 nitrogen and oxygen atoms in total. The number of carbonyl (C=O) groups excluding carboxylic acids is 1. The number of aryl methyl sites for hydroxylation is 1. The van der Waals surface area contributed by atoms with Gasteiger partial charge < -0.3 is 9.84 Å². The number of methoxy groups -OCH3 is 1. The minimum atomic E-state index is -0.672. The molecular weight excluding hydrogens is 280 g/mol. The molecule has 5 heteroatoms. The average Bonchev–Trinajstić information content (AvgIpc) is 2.57. The molecule has 1 N–H and O–H groups in total. The Hall–Kier alpha value is -2.95. The summed E-state index contributed by atoms with van der Waals surface area (Å²) >= 11 is 0. The molecule has 0 aliphatic rings. The van der Waals surface area contributed by atoms with Crippen LogP contribution in [-0.4, -0.2) is 28.2 Å². The minimum Gasteiger partial charge on any atom is -0.505 e. The van der Waals surface area contributed by atoms with Gasteiger partial charge in [-0.3, -0.25) is 0 Å². The first-order chi connectivity index (χ1) is 10.6. The van der Waals surface area contributed by atoms with Gasteiger partial charge in [-0.25, -0.2) is 14.8 Å². The number of aromatic hydroxyl groups is 1. The SMILES string of the molecule is COC(=O)c1nc(C)c2nc(-c3ccccc3)ccc2c1O. The van der Waals surface area contributed by atoms with Gasteiger partial charge in [0.05, 0.1) is 24.0 Å². The van der Waals surface area contributed by atoms with E-state index in [1.807, 2.05) is 30.3 Å². The molecule has 1 aromatic carbocycles. The Morgan fingerprint density at radius 2 is 1.82 bits per heavy atom. The lowest BCUT2D eigenvalue weighted by atomic mass is 10.1. The Labute approximate surface area is 127 Å². The maximum Gasteiger partial charge on any atom is 0.360 e. The van der Waals surface area contributed by atoms with Crippen LogP contribution in [-0.2, 0) is 4.74 Å². The number of hydrogen-bond acceptors (Lipinski definition) is 5. The highest BCUT2D eigenvalue weighted by atomic mass is 16.5. The van der Waals surface area contributed by atoms with E-state index in [9.17, 15) is 9.90 Å². The summed E-state index contributed by atoms with van der Waals surface area (Å²) in [5.74, 6) is -0.880. The van der Waals surface area contributed by atoms with Crippen molar-refractivity contribution in [3.63, 3.8) is 0 Å². The van der Waals surface area contributed by atoms with Crippen LogP contribution in [0.4, 0.5) is 0 Å². The molecule has 2 heterocycles. The summed E-state index contributed by atoms with van der Waals surface area (Å²) < 4.78 is 4.63. The highest BCUT2D eigenvalue weighted by Gasteiger charge is 2.19. The largest absolute Gasteiger partial charge is 0.505 e. The average molecular weight is 294 g/mol. The molecule has 0 aliphatic heterocycles. The van der Waals surface area contributed by atoms with Crippen molar-refractivity contribution in [3.05, 3.63) is 53.9 Å². The van der Waals surface area contributed by atoms with Crippen molar-refractivity contribution in [2.45, 2.75) is 6.92 Å². The van der Waals surface area contributed by atoms with Gasteiger partial charge in [0.2, 0.25) is 0 Å². The van der Waals surface area contributed by atoms with Gasteiger partial charge in [0, 0.05) is 10.9 Å². The van der Waals surface area contributed by atoms with Gasteiger partial charge in [-0.2, -0.15) is 0 Å². The Morgan fingerprint density at radius 3 is 2.50 bits per heavy atom. The number of rotatable bonds is 2. The normalized spacial score (nSPS) is 10.6. The van der Waals surface area contributed by atoms with E-state index in [0.29, 0.717) is 16.6 Å². The molecular formula is C17H14N2O3. The molecule has 2 aromatic heterocycles. The maximum atomic E-state index is 11.7. The molecule has 3 rings (SSSR count). The smallest absolute Gasteiger partial charge is 0.360 e. The zero-order valence-electron chi connectivity index (χ0n) is 12.2. The molecule has 0 fully saturated rings. The Balaban J connectivity index is 2.23. The van der Waals surface area contributed by atoms with Crippen LogP contribution in [0.1, 0.15) is 16.2 Å². The number of benzene rings is 1. The van der Waals surface area contributed by atoms with Crippen molar-refractivity contribution >= 4 is 16.9 Å². The molecule has 0 amide bonds. The van der Waals surface area contributed by atoms with Crippen molar-refractivity contribution in [2.75, 3.05) is 7.11 Å². The van der Waals surface area contributed by atoms with Gasteiger partial charge >= 0.3 is 5.97 Å². The second-order valence-corrected chi connectivity index (χ2v) is 4.84. The first-order valence-corrected chi connectivity index (χ1v) is 6.76. The van der Waals surface area contributed by atoms with Crippen LogP contribution in [0.3, 0.4) is 0 Å². The van der Waals surface area contributed by atoms with E-state index in [-0.39, 0.29) is 11.4 Å². The number of pyridine rings is 2. The van der Waals surface area contributed by atoms with E-state index in [2.05, 4.69) is 14.7 Å². The molecule has 3 aromatic rings. The molecule has 0 atom stereocenters. The minimum absolute atomic E-state index is 0.0956. The Morgan fingerprint density at radius 1 is 1.09 bits per heavy atom. The number of aromatic nitrogens is 2. The molecule has 22 heavy (non-hydrogen) atoms. The van der Waals surface area contributed by atoms with E-state index >= 15 is 0 Å². The number of ether oxygens (including phenoxy) is 1. The summed E-state index contributed by atoms with van der Waals surface area (Å²) in [7, 11) is 1.25. The van der Waals surface area contributed by atoms with E-state index in [4.69, 9.17) is 0 Å². The topological polar surface area (TPSA) is 72.3 Å². The molecule has 0 aliphatic carbocycles. The van der Waals surface area contributed by atoms with Gasteiger partial charge in [0.25, 0.3) is 0 Å². The Kier molecular flexibility index (Phi) is 3.47. The second-order valence-electron chi connectivity index (χ2n) is 4.84. The number of hydrogen-bond donors (Lipinski definition) is 1. The third kappa shape index (κ3) is 2.26. The predicted molar refractivity (Wildman–Crippen MR) is 82.7 cm³/mol. The van der Waals surface area contributed by atoms with Crippen molar-refractivity contribution in [3.8, 4) is 17.0 Å². The number of fused-ring (bicyclic) bond motifs is 1. The summed E-state index contributed by atoms with van der Waals surface area (Å²) in [6, 6.07) is 13.3. The van der Waals surface area contributed by atoms with Crippen LogP contribution in [0.2, 0.25) is 0 Å². The fraction of sp³-hybridized carbons (Fsp3) is 0.118. The maximum absolute atomic E-state index is 11.7. The van der Waals surface area contributed by atoms with E-state index < -0.39 is 5.97 Å². The first-order valence-electron chi connectivity index (χ1n) is 6.76. The van der Waals surface area contributed by atoms with Crippen molar-refractivity contribution in [1.29, 1.82) is 0 Å². The quantitative estimate of drug-likeness (QED) is 0.735. The molecule has 0 unspecified atom stereocenters. The molecule has 0 radical (unpaired) electrons. The van der Waals surface area contributed by atoms with Gasteiger partial charge in [-0.15, -0.1) is 0 Å². The lowest BCUT2D eigenvalue weighted by molar-refractivity contribution is 0.0590. The third-order valence-electron chi connectivity index (χ3n) is 3.45. The third-order valence-corrected chi connectivity index (χ3v) is 3.45. The fourth-order valence-corrected chi connectivity index (χ4v) is 2.34. The van der Waals surface area contributed by atoms with Crippen LogP contribution in [0.5, 0.6) is 5.75 Å². The number of nitrogens with zero attached hydrogens (tertiary/aromatic N) is 2. The summed E-state index contributed by atoms with van der Waals surface area (Å²) in [6.45, 7) is 1.75. The van der Waals surface area contributed by atoms with Gasteiger partial charge in [0.1, 0.15) is 0 Å². The van der Waals surface area contributed by atoms with Crippen molar-refractivity contribution < 1.29 is 14.6 Å². The lowest BCUT2D eigenvalue weighted by Crippen LogP contribution is -2.07. The van der Waals surface area contributed by atoms with Crippen molar-refractivity contribution in [1.82, 2.24) is 9.97 Å². The molecule has 0 spiro atoms. The standard InChI is InChI=1S/C17H14N2O3/c1-10-14-12(16(20)15(18-10)17(21)22-2)8-9-13(19-14)11-6-4-3-5-7-11/h3-9,20H,1-2H3. The monoisotopic (exact) mass is 294 g/mol. The summed E-state index contributed by atoms with van der Waals surface area (Å²) in [5, 5.41) is 10.7. The van der Waals surface area contributed by atoms with Crippen LogP contribution >= 0.6 is 0 Å². The van der Waals surface area contributed by atoms with Gasteiger partial charge in [-0.1, -0.05) is 30.3 Å². The van der Waals surface area contributed by atoms with E-state index in [0.717, 1.165) is 11.3 Å². The summed E-state index contributed by atoms with van der Waals surface area (Å²) in [4.78, 5) is 20.3. The number of esters is 1. The van der Waals surface area contributed by atoms with Gasteiger partial charge in [-0.05, 0) is 19.1 Å². The first kappa shape index (κ1) is 14.0. The second kappa shape index (κ2) is 5.44. The van der Waals surface area contributed by atoms with E-state index in [1.54, 1.807) is 19.1 Å². The van der Waals surface area contributed by atoms with Crippen LogP contribution < -0.4 is 0 Å². The molecule has 0 saturated heterocycles. The molecule has 110 valence electrons. The summed E-state index contributed by atoms with van der Waals surface area (Å²) in [6.07, 6.45) is 0. The highest BCUT2D eigenvalue weighted by molar-refractivity contribution is 5.99. The van der Waals surface area contributed by atoms with Crippen LogP contribution in [0, 0.1) is 6.92 Å². The number of carbonyl (C=O) groups is 1. The van der Waals surface area contributed by atoms with Crippen LogP contribution in [0.15, 0.2) is 42.5 Å². The van der Waals surface area contributed by atoms with Crippen LogP contribution in [0.25, 0.3) is 22.2 Å². The fourth-order valence-electron chi connectivity index (χ4n) is 2.34. The van der Waals surface area contributed by atoms with Gasteiger partial charge in [0.15, 0.2) is 11.4 Å².